The van der Waals surface area contributed by atoms with Crippen molar-refractivity contribution < 1.29 is 24.6 Å². The van der Waals surface area contributed by atoms with Gasteiger partial charge in [-0.2, -0.15) is 0 Å². The van der Waals surface area contributed by atoms with Gasteiger partial charge in [-0.25, -0.2) is 9.59 Å². The molecule has 3 aromatic carbocycles. The van der Waals surface area contributed by atoms with Crippen LogP contribution < -0.4 is 4.90 Å². The van der Waals surface area contributed by atoms with Gasteiger partial charge in [0.2, 0.25) is 5.91 Å². The fourth-order valence-electron chi connectivity index (χ4n) is 6.20. The second kappa shape index (κ2) is 13.7. The van der Waals surface area contributed by atoms with Crippen LogP contribution in [0, 0.1) is 0 Å². The van der Waals surface area contributed by atoms with E-state index in [1.165, 1.54) is 22.0 Å². The third kappa shape index (κ3) is 6.61. The number of aromatic carboxylic acids is 1. The number of nitrogens with one attached hydrogen (secondary N) is 1. The van der Waals surface area contributed by atoms with Crippen molar-refractivity contribution in [2.45, 2.75) is 31.5 Å². The molecular formula is C34H35N7O5. The number of benzene rings is 3. The van der Waals surface area contributed by atoms with Crippen LogP contribution in [0.3, 0.4) is 0 Å². The van der Waals surface area contributed by atoms with Crippen molar-refractivity contribution in [3.8, 4) is 0 Å². The topological polar surface area (TPSA) is 148 Å². The van der Waals surface area contributed by atoms with Crippen LogP contribution in [0.1, 0.15) is 40.5 Å². The number of H-pyrrole nitrogens is 1. The number of aromatic nitrogens is 4. The molecule has 0 aliphatic carbocycles. The first kappa shape index (κ1) is 30.5. The number of para-hydroxylation sites is 1. The minimum absolute atomic E-state index is 0.0238. The molecule has 1 fully saturated rings. The highest BCUT2D eigenvalue weighted by atomic mass is 16.4. The molecule has 3 heterocycles. The quantitative estimate of drug-likeness (QED) is 0.192. The molecule has 12 heteroatoms. The van der Waals surface area contributed by atoms with Gasteiger partial charge in [0.1, 0.15) is 11.9 Å². The predicted octanol–water partition coefficient (Wildman–Crippen LogP) is 4.72. The number of carboxylic acid groups (broad SMARTS) is 2. The van der Waals surface area contributed by atoms with Crippen molar-refractivity contribution in [1.29, 1.82) is 0 Å². The van der Waals surface area contributed by atoms with E-state index in [1.807, 2.05) is 60.7 Å². The third-order valence-corrected chi connectivity index (χ3v) is 8.42. The number of hydrogen-bond acceptors (Lipinski definition) is 6. The molecule has 46 heavy (non-hydrogen) atoms. The van der Waals surface area contributed by atoms with Crippen LogP contribution in [0.15, 0.2) is 97.2 Å². The van der Waals surface area contributed by atoms with Gasteiger partial charge in [0.05, 0.1) is 12.2 Å². The second-order valence-corrected chi connectivity index (χ2v) is 11.3. The molecule has 1 unspecified atom stereocenters. The Bertz CT molecular complexity index is 1730. The number of fused-ring (bicyclic) bond motifs is 1. The van der Waals surface area contributed by atoms with Gasteiger partial charge in [0.15, 0.2) is 5.69 Å². The molecular weight excluding hydrogens is 586 g/mol. The van der Waals surface area contributed by atoms with Gasteiger partial charge in [-0.1, -0.05) is 84.1 Å². The van der Waals surface area contributed by atoms with Crippen molar-refractivity contribution in [1.82, 2.24) is 29.8 Å². The highest BCUT2D eigenvalue weighted by molar-refractivity contribution is 5.98. The zero-order valence-electron chi connectivity index (χ0n) is 25.1. The van der Waals surface area contributed by atoms with E-state index in [0.717, 1.165) is 15.8 Å². The number of carboxylic acids is 1. The Hall–Kier alpha value is -5.49. The first-order valence-electron chi connectivity index (χ1n) is 15.2. The van der Waals surface area contributed by atoms with Crippen molar-refractivity contribution >= 4 is 34.7 Å². The molecule has 1 saturated heterocycles. The Balaban J connectivity index is 1.23. The number of nitrogens with zero attached hydrogens (tertiary/aromatic N) is 6. The summed E-state index contributed by atoms with van der Waals surface area (Å²) in [5.41, 5.74) is 2.92. The Morgan fingerprint density at radius 3 is 2.07 bits per heavy atom. The van der Waals surface area contributed by atoms with E-state index in [2.05, 4.69) is 44.5 Å². The van der Waals surface area contributed by atoms with E-state index in [4.69, 9.17) is 0 Å². The number of aromatic amines is 1. The zero-order valence-corrected chi connectivity index (χ0v) is 25.1. The largest absolute Gasteiger partial charge is 0.476 e. The molecule has 0 saturated carbocycles. The highest BCUT2D eigenvalue weighted by Gasteiger charge is 2.37. The van der Waals surface area contributed by atoms with Crippen LogP contribution in [-0.2, 0) is 11.3 Å². The summed E-state index contributed by atoms with van der Waals surface area (Å²) in [6, 6.07) is 28.8. The maximum atomic E-state index is 14.3. The SMILES string of the molecule is O=C(O)c1cn(CCCC(C(=O)N2CCN(C(c3ccccc3)c3ccccc3)CC2)N(C(=O)O)c2cc3ccccc3[nH]2)nn1. The number of anilines is 1. The Labute approximate surface area is 265 Å². The fourth-order valence-corrected chi connectivity index (χ4v) is 6.20. The van der Waals surface area contributed by atoms with Crippen molar-refractivity contribution in [3.63, 3.8) is 0 Å². The van der Waals surface area contributed by atoms with E-state index in [1.54, 1.807) is 11.0 Å². The maximum absolute atomic E-state index is 14.3. The Morgan fingerprint density at radius 2 is 1.48 bits per heavy atom. The molecule has 0 radical (unpaired) electrons. The lowest BCUT2D eigenvalue weighted by Gasteiger charge is -2.41. The summed E-state index contributed by atoms with van der Waals surface area (Å²) >= 11 is 0. The Morgan fingerprint density at radius 1 is 0.848 bits per heavy atom. The molecule has 2 aromatic heterocycles. The third-order valence-electron chi connectivity index (χ3n) is 8.42. The van der Waals surface area contributed by atoms with Crippen molar-refractivity contribution in [3.05, 3.63) is 114 Å². The van der Waals surface area contributed by atoms with Gasteiger partial charge in [0, 0.05) is 43.6 Å². The summed E-state index contributed by atoms with van der Waals surface area (Å²) < 4.78 is 1.39. The summed E-state index contributed by atoms with van der Waals surface area (Å²) in [7, 11) is 0. The van der Waals surface area contributed by atoms with E-state index < -0.39 is 18.1 Å². The maximum Gasteiger partial charge on any atom is 0.413 e. The van der Waals surface area contributed by atoms with Crippen molar-refractivity contribution in [2.24, 2.45) is 0 Å². The molecule has 1 atom stereocenters. The van der Waals surface area contributed by atoms with Crippen LogP contribution in [0.25, 0.3) is 10.9 Å². The Kier molecular flexibility index (Phi) is 9.06. The number of aryl methyl sites for hydroxylation is 1. The van der Waals surface area contributed by atoms with Gasteiger partial charge in [-0.15, -0.1) is 5.10 Å². The second-order valence-electron chi connectivity index (χ2n) is 11.3. The van der Waals surface area contributed by atoms with Gasteiger partial charge in [-0.05, 0) is 36.1 Å². The average Bonchev–Trinajstić information content (AvgIpc) is 3.73. The minimum atomic E-state index is -1.24. The van der Waals surface area contributed by atoms with Gasteiger partial charge in [-0.3, -0.25) is 19.3 Å². The molecule has 1 aliphatic rings. The molecule has 236 valence electrons. The average molecular weight is 622 g/mol. The van der Waals surface area contributed by atoms with E-state index in [9.17, 15) is 24.6 Å². The number of rotatable bonds is 11. The molecule has 3 N–H and O–H groups in total. The number of piperazine rings is 1. The fraction of sp³-hybridized carbons (Fsp3) is 0.265. The summed E-state index contributed by atoms with van der Waals surface area (Å²) in [5, 5.41) is 28.0. The molecule has 6 rings (SSSR count). The van der Waals surface area contributed by atoms with E-state index >= 15 is 0 Å². The van der Waals surface area contributed by atoms with Crippen LogP contribution in [0.2, 0.25) is 0 Å². The van der Waals surface area contributed by atoms with Crippen LogP contribution in [0.4, 0.5) is 10.6 Å². The monoisotopic (exact) mass is 621 g/mol. The summed E-state index contributed by atoms with van der Waals surface area (Å²) in [6.07, 6.45) is 0.638. The molecule has 2 amide bonds. The summed E-state index contributed by atoms with van der Waals surface area (Å²) in [5.74, 6) is -1.15. The first-order valence-corrected chi connectivity index (χ1v) is 15.2. The molecule has 1 aliphatic heterocycles. The summed E-state index contributed by atoms with van der Waals surface area (Å²) in [6.45, 7) is 2.38. The smallest absolute Gasteiger partial charge is 0.413 e. The van der Waals surface area contributed by atoms with Gasteiger partial charge in [0.25, 0.3) is 0 Å². The highest BCUT2D eigenvalue weighted by Crippen LogP contribution is 2.31. The first-order chi connectivity index (χ1) is 22.4. The zero-order chi connectivity index (χ0) is 32.0. The van der Waals surface area contributed by atoms with Gasteiger partial charge >= 0.3 is 12.1 Å². The van der Waals surface area contributed by atoms with Gasteiger partial charge < -0.3 is 20.1 Å². The van der Waals surface area contributed by atoms with Crippen LogP contribution in [-0.4, -0.2) is 90.2 Å². The van der Waals surface area contributed by atoms with Crippen LogP contribution in [0.5, 0.6) is 0 Å². The molecule has 0 spiro atoms. The van der Waals surface area contributed by atoms with E-state index in [-0.39, 0.29) is 30.6 Å². The standard InChI is InChI=1S/C34H35N7O5/c42-32(39-20-18-38(19-21-39)31(24-10-3-1-4-11-24)25-12-5-2-6-13-25)29(16-9-17-40-23-28(33(43)44)36-37-40)41(34(45)46)30-22-26-14-7-8-15-27(26)35-30/h1-8,10-15,22-23,29,31,35H,9,16-21H2,(H,43,44)(H,45,46). The summed E-state index contributed by atoms with van der Waals surface area (Å²) in [4.78, 5) is 46.7. The lowest BCUT2D eigenvalue weighted by atomic mass is 9.96. The van der Waals surface area contributed by atoms with Crippen molar-refractivity contribution in [2.75, 3.05) is 31.1 Å². The number of hydrogen-bond donors (Lipinski definition) is 3. The lowest BCUT2D eigenvalue weighted by Crippen LogP contribution is -2.56. The normalized spacial score (nSPS) is 14.4. The van der Waals surface area contributed by atoms with E-state index in [0.29, 0.717) is 38.4 Å². The number of amides is 2. The number of carbonyl (C=O) groups is 3. The molecule has 12 nitrogen and oxygen atoms in total. The van der Waals surface area contributed by atoms with Crippen LogP contribution >= 0.6 is 0 Å². The minimum Gasteiger partial charge on any atom is -0.476 e. The molecule has 0 bridgehead atoms. The number of carbonyl (C=O) groups excluding carboxylic acids is 1. The predicted molar refractivity (Wildman–Crippen MR) is 172 cm³/mol. The lowest BCUT2D eigenvalue weighted by molar-refractivity contribution is -0.134. The molecule has 5 aromatic rings.